The number of ether oxygens (including phenoxy) is 1. The number of carbonyl (C=O) groups excluding carboxylic acids is 2. The van der Waals surface area contributed by atoms with Gasteiger partial charge in [-0.25, -0.2) is 14.0 Å². The Bertz CT molecular complexity index is 706. The Morgan fingerprint density at radius 3 is 2.54 bits per heavy atom. The number of hydrogen-bond acceptors (Lipinski definition) is 3. The molecule has 1 heterocycles. The predicted octanol–water partition coefficient (Wildman–Crippen LogP) is 4.37. The largest absolute Gasteiger partial charge is 0.444 e. The summed E-state index contributed by atoms with van der Waals surface area (Å²) in [7, 11) is 0. The summed E-state index contributed by atoms with van der Waals surface area (Å²) in [5.41, 5.74) is 0.624. The number of urea groups is 1. The fourth-order valence-electron chi connectivity index (χ4n) is 2.71. The molecule has 1 aromatic carbocycles. The Labute approximate surface area is 161 Å². The van der Waals surface area contributed by atoms with E-state index in [0.717, 1.165) is 5.56 Å². The summed E-state index contributed by atoms with van der Waals surface area (Å²) in [6, 6.07) is 2.42. The fraction of sp³-hybridized carbons (Fsp3) is 0.556. The number of anilines is 1. The van der Waals surface area contributed by atoms with Crippen LogP contribution in [0.15, 0.2) is 16.6 Å². The van der Waals surface area contributed by atoms with Crippen molar-refractivity contribution in [2.45, 2.75) is 46.3 Å². The van der Waals surface area contributed by atoms with Gasteiger partial charge in [-0.1, -0.05) is 0 Å². The van der Waals surface area contributed by atoms with Gasteiger partial charge in [0.1, 0.15) is 11.4 Å². The number of hydrogen-bond donors (Lipinski definition) is 1. The molecule has 1 N–H and O–H groups in total. The molecule has 1 fully saturated rings. The first-order chi connectivity index (χ1) is 12.0. The van der Waals surface area contributed by atoms with Crippen LogP contribution in [0.3, 0.4) is 0 Å². The van der Waals surface area contributed by atoms with Crippen molar-refractivity contribution in [2.24, 2.45) is 0 Å². The van der Waals surface area contributed by atoms with Crippen LogP contribution < -0.4 is 5.32 Å². The van der Waals surface area contributed by atoms with E-state index in [2.05, 4.69) is 21.2 Å². The van der Waals surface area contributed by atoms with Crippen LogP contribution in [0.4, 0.5) is 19.7 Å². The second-order valence-corrected chi connectivity index (χ2v) is 8.33. The van der Waals surface area contributed by atoms with Crippen LogP contribution in [0.2, 0.25) is 0 Å². The molecule has 2 rings (SSSR count). The molecule has 0 aromatic heterocycles. The van der Waals surface area contributed by atoms with E-state index in [1.807, 2.05) is 27.7 Å². The van der Waals surface area contributed by atoms with Crippen LogP contribution in [0.5, 0.6) is 0 Å². The van der Waals surface area contributed by atoms with Gasteiger partial charge in [0.25, 0.3) is 0 Å². The Balaban J connectivity index is 1.99. The highest BCUT2D eigenvalue weighted by Crippen LogP contribution is 2.24. The van der Waals surface area contributed by atoms with E-state index in [9.17, 15) is 14.0 Å². The predicted molar refractivity (Wildman–Crippen MR) is 102 cm³/mol. The standard InChI is InChI=1S/C18H25BrFN3O3/c1-11-8-13(19)14(20)9-15(11)21-16(24)22-6-7-23(12(2)10-22)17(25)26-18(3,4)5/h8-9,12H,6-7,10H2,1-5H3,(H,21,24)/t12-/m1/s1. The maximum atomic E-state index is 13.7. The fourth-order valence-corrected chi connectivity index (χ4v) is 3.17. The van der Waals surface area contributed by atoms with Crippen molar-refractivity contribution in [3.8, 4) is 0 Å². The Hall–Kier alpha value is -1.83. The zero-order chi connectivity index (χ0) is 19.6. The molecule has 8 heteroatoms. The molecule has 3 amide bonds. The van der Waals surface area contributed by atoms with Crippen molar-refractivity contribution in [3.05, 3.63) is 28.0 Å². The van der Waals surface area contributed by atoms with Gasteiger partial charge in [-0.3, -0.25) is 0 Å². The van der Waals surface area contributed by atoms with Crippen LogP contribution in [-0.2, 0) is 4.74 Å². The molecule has 144 valence electrons. The first kappa shape index (κ1) is 20.5. The average Bonchev–Trinajstić information content (AvgIpc) is 2.50. The summed E-state index contributed by atoms with van der Waals surface area (Å²) >= 11 is 3.12. The zero-order valence-corrected chi connectivity index (χ0v) is 17.3. The number of carbonyl (C=O) groups is 2. The van der Waals surface area contributed by atoms with Gasteiger partial charge in [0.2, 0.25) is 0 Å². The van der Waals surface area contributed by atoms with Crippen molar-refractivity contribution in [1.82, 2.24) is 9.80 Å². The third-order valence-electron chi connectivity index (χ3n) is 4.05. The molecular formula is C18H25BrFN3O3. The topological polar surface area (TPSA) is 61.9 Å². The van der Waals surface area contributed by atoms with Gasteiger partial charge in [-0.05, 0) is 68.2 Å². The smallest absolute Gasteiger partial charge is 0.410 e. The molecule has 1 saturated heterocycles. The average molecular weight is 430 g/mol. The van der Waals surface area contributed by atoms with Crippen LogP contribution in [0, 0.1) is 12.7 Å². The van der Waals surface area contributed by atoms with E-state index < -0.39 is 11.4 Å². The Morgan fingerprint density at radius 2 is 1.96 bits per heavy atom. The first-order valence-corrected chi connectivity index (χ1v) is 9.28. The number of rotatable bonds is 1. The van der Waals surface area contributed by atoms with Crippen molar-refractivity contribution < 1.29 is 18.7 Å². The minimum Gasteiger partial charge on any atom is -0.444 e. The van der Waals surface area contributed by atoms with E-state index in [1.165, 1.54) is 6.07 Å². The highest BCUT2D eigenvalue weighted by molar-refractivity contribution is 9.10. The highest BCUT2D eigenvalue weighted by Gasteiger charge is 2.32. The second-order valence-electron chi connectivity index (χ2n) is 7.48. The molecule has 1 aliphatic rings. The maximum Gasteiger partial charge on any atom is 0.410 e. The molecule has 6 nitrogen and oxygen atoms in total. The molecule has 0 bridgehead atoms. The van der Waals surface area contributed by atoms with Crippen LogP contribution >= 0.6 is 15.9 Å². The van der Waals surface area contributed by atoms with Crippen LogP contribution in [0.25, 0.3) is 0 Å². The number of nitrogens with one attached hydrogen (secondary N) is 1. The minimum atomic E-state index is -0.561. The lowest BCUT2D eigenvalue weighted by molar-refractivity contribution is 0.00589. The van der Waals surface area contributed by atoms with Crippen molar-refractivity contribution in [3.63, 3.8) is 0 Å². The third-order valence-corrected chi connectivity index (χ3v) is 4.66. The normalized spacial score (nSPS) is 17.9. The molecule has 0 saturated carbocycles. The number of nitrogens with zero attached hydrogens (tertiary/aromatic N) is 2. The van der Waals surface area contributed by atoms with E-state index in [4.69, 9.17) is 4.74 Å². The van der Waals surface area contributed by atoms with Crippen molar-refractivity contribution in [2.75, 3.05) is 25.0 Å². The van der Waals surface area contributed by atoms with Gasteiger partial charge in [0, 0.05) is 31.4 Å². The first-order valence-electron chi connectivity index (χ1n) is 8.49. The number of halogens is 2. The van der Waals surface area contributed by atoms with Crippen LogP contribution in [0.1, 0.15) is 33.3 Å². The minimum absolute atomic E-state index is 0.174. The maximum absolute atomic E-state index is 13.7. The summed E-state index contributed by atoms with van der Waals surface area (Å²) in [4.78, 5) is 28.0. The number of benzene rings is 1. The number of piperazine rings is 1. The SMILES string of the molecule is Cc1cc(Br)c(F)cc1NC(=O)N1CCN(C(=O)OC(C)(C)C)[C@H](C)C1. The van der Waals surface area contributed by atoms with Gasteiger partial charge < -0.3 is 19.9 Å². The van der Waals surface area contributed by atoms with E-state index >= 15 is 0 Å². The summed E-state index contributed by atoms with van der Waals surface area (Å²) in [5.74, 6) is -0.436. The van der Waals surface area contributed by atoms with E-state index in [1.54, 1.807) is 22.8 Å². The summed E-state index contributed by atoms with van der Waals surface area (Å²) in [5, 5.41) is 2.74. The van der Waals surface area contributed by atoms with Crippen LogP contribution in [-0.4, -0.2) is 53.2 Å². The molecule has 0 unspecified atom stereocenters. The molecule has 0 aliphatic carbocycles. The highest BCUT2D eigenvalue weighted by atomic mass is 79.9. The quantitative estimate of drug-likeness (QED) is 0.720. The third kappa shape index (κ3) is 5.09. The lowest BCUT2D eigenvalue weighted by Gasteiger charge is -2.40. The molecule has 0 radical (unpaired) electrons. The monoisotopic (exact) mass is 429 g/mol. The van der Waals surface area contributed by atoms with E-state index in [0.29, 0.717) is 29.8 Å². The van der Waals surface area contributed by atoms with Gasteiger partial charge in [0.15, 0.2) is 0 Å². The molecular weight excluding hydrogens is 405 g/mol. The van der Waals surface area contributed by atoms with Gasteiger partial charge in [-0.15, -0.1) is 0 Å². The van der Waals surface area contributed by atoms with Gasteiger partial charge >= 0.3 is 12.1 Å². The van der Waals surface area contributed by atoms with Gasteiger partial charge in [-0.2, -0.15) is 0 Å². The lowest BCUT2D eigenvalue weighted by atomic mass is 10.2. The van der Waals surface area contributed by atoms with Crippen molar-refractivity contribution >= 4 is 33.7 Å². The molecule has 1 aromatic rings. The molecule has 26 heavy (non-hydrogen) atoms. The van der Waals surface area contributed by atoms with E-state index in [-0.39, 0.29) is 18.2 Å². The molecule has 1 atom stereocenters. The Morgan fingerprint density at radius 1 is 1.31 bits per heavy atom. The zero-order valence-electron chi connectivity index (χ0n) is 15.7. The Kier molecular flexibility index (Phi) is 6.16. The lowest BCUT2D eigenvalue weighted by Crippen LogP contribution is -2.57. The van der Waals surface area contributed by atoms with Crippen molar-refractivity contribution in [1.29, 1.82) is 0 Å². The second kappa shape index (κ2) is 7.82. The summed E-state index contributed by atoms with van der Waals surface area (Å²) in [6.07, 6.45) is -0.379. The van der Waals surface area contributed by atoms with Gasteiger partial charge in [0.05, 0.1) is 4.47 Å². The molecule has 1 aliphatic heterocycles. The number of aryl methyl sites for hydroxylation is 1. The molecule has 0 spiro atoms. The number of amides is 3. The summed E-state index contributed by atoms with van der Waals surface area (Å²) < 4.78 is 19.5. The summed E-state index contributed by atoms with van der Waals surface area (Å²) in [6.45, 7) is 10.3.